The van der Waals surface area contributed by atoms with Crippen LogP contribution in [-0.4, -0.2) is 18.9 Å². The molecule has 0 unspecified atom stereocenters. The van der Waals surface area contributed by atoms with Gasteiger partial charge in [0.25, 0.3) is 5.56 Å². The third kappa shape index (κ3) is 2.67. The van der Waals surface area contributed by atoms with Crippen LogP contribution in [0.3, 0.4) is 0 Å². The Labute approximate surface area is 130 Å². The lowest BCUT2D eigenvalue weighted by Crippen LogP contribution is -2.41. The molecule has 0 saturated heterocycles. The first-order valence-corrected chi connectivity index (χ1v) is 7.49. The Kier molecular flexibility index (Phi) is 4.36. The summed E-state index contributed by atoms with van der Waals surface area (Å²) in [7, 11) is 1.79. The lowest BCUT2D eigenvalue weighted by Gasteiger charge is -2.10. The molecule has 21 heavy (non-hydrogen) atoms. The van der Waals surface area contributed by atoms with E-state index >= 15 is 0 Å². The molecule has 7 nitrogen and oxygen atoms in total. The van der Waals surface area contributed by atoms with Gasteiger partial charge in [-0.2, -0.15) is 5.10 Å². The summed E-state index contributed by atoms with van der Waals surface area (Å²) in [6.45, 7) is 4.40. The molecule has 8 heteroatoms. The van der Waals surface area contributed by atoms with Gasteiger partial charge in [-0.15, -0.1) is 0 Å². The van der Waals surface area contributed by atoms with Crippen LogP contribution in [0, 0.1) is 0 Å². The maximum Gasteiger partial charge on any atom is 0.331 e. The molecule has 0 aliphatic rings. The van der Waals surface area contributed by atoms with Crippen molar-refractivity contribution < 1.29 is 0 Å². The molecule has 2 heterocycles. The van der Waals surface area contributed by atoms with Crippen molar-refractivity contribution in [3.8, 4) is 0 Å². The predicted molar refractivity (Wildman–Crippen MR) is 84.4 cm³/mol. The Morgan fingerprint density at radius 2 is 2.00 bits per heavy atom. The molecule has 0 bridgehead atoms. The Morgan fingerprint density at radius 3 is 2.52 bits per heavy atom. The smallest absolute Gasteiger partial charge is 0.331 e. The van der Waals surface area contributed by atoms with Crippen molar-refractivity contribution in [3.63, 3.8) is 0 Å². The predicted octanol–water partition coefficient (Wildman–Crippen LogP) is 0.719. The van der Waals surface area contributed by atoms with Gasteiger partial charge in [0.05, 0.1) is 22.4 Å². The standard InChI is InChI=1S/C13H18BrN5O2/c1-4-9-11(14)10(17(3)16-9)7-19-12(20)8(15)6-18(5-2)13(19)21/h6H,4-5,7,15H2,1-3H3. The molecule has 114 valence electrons. The molecular formula is C13H18BrN5O2. The van der Waals surface area contributed by atoms with Crippen molar-refractivity contribution in [3.05, 3.63) is 42.9 Å². The molecule has 2 N–H and O–H groups in total. The van der Waals surface area contributed by atoms with Gasteiger partial charge in [0.15, 0.2) is 0 Å². The SMILES string of the molecule is CCc1nn(C)c(Cn2c(=O)c(N)cn(CC)c2=O)c1Br. The summed E-state index contributed by atoms with van der Waals surface area (Å²) in [5.41, 5.74) is 6.56. The van der Waals surface area contributed by atoms with Crippen LogP contribution < -0.4 is 17.0 Å². The second-order valence-corrected chi connectivity index (χ2v) is 5.52. The number of aryl methyl sites for hydroxylation is 3. The van der Waals surface area contributed by atoms with E-state index in [1.165, 1.54) is 10.8 Å². The molecule has 2 rings (SSSR count). The highest BCUT2D eigenvalue weighted by Crippen LogP contribution is 2.21. The number of hydrogen-bond acceptors (Lipinski definition) is 4. The zero-order valence-corrected chi connectivity index (χ0v) is 13.8. The topological polar surface area (TPSA) is 87.8 Å². The molecule has 0 aliphatic carbocycles. The molecule has 0 aromatic carbocycles. The van der Waals surface area contributed by atoms with E-state index in [9.17, 15) is 9.59 Å². The molecule has 0 atom stereocenters. The Balaban J connectivity index is 2.60. The summed E-state index contributed by atoms with van der Waals surface area (Å²) in [4.78, 5) is 24.4. The van der Waals surface area contributed by atoms with E-state index in [0.717, 1.165) is 26.8 Å². The summed E-state index contributed by atoms with van der Waals surface area (Å²) in [6.07, 6.45) is 2.15. The van der Waals surface area contributed by atoms with E-state index in [-0.39, 0.29) is 17.9 Å². The minimum absolute atomic E-state index is 0.0606. The number of anilines is 1. The van der Waals surface area contributed by atoms with Gasteiger partial charge in [0, 0.05) is 19.8 Å². The minimum Gasteiger partial charge on any atom is -0.393 e. The summed E-state index contributed by atoms with van der Waals surface area (Å²) in [5.74, 6) is 0. The molecule has 0 spiro atoms. The fourth-order valence-corrected chi connectivity index (χ4v) is 2.93. The average Bonchev–Trinajstić information content (AvgIpc) is 2.74. The lowest BCUT2D eigenvalue weighted by molar-refractivity contribution is 0.577. The van der Waals surface area contributed by atoms with Crippen LogP contribution in [0.15, 0.2) is 20.3 Å². The first-order valence-electron chi connectivity index (χ1n) is 6.70. The van der Waals surface area contributed by atoms with Crippen molar-refractivity contribution in [2.24, 2.45) is 7.05 Å². The normalized spacial score (nSPS) is 11.0. The average molecular weight is 356 g/mol. The number of rotatable bonds is 4. The maximum absolute atomic E-state index is 12.3. The van der Waals surface area contributed by atoms with Gasteiger partial charge in [-0.25, -0.2) is 4.79 Å². The van der Waals surface area contributed by atoms with E-state index in [2.05, 4.69) is 21.0 Å². The van der Waals surface area contributed by atoms with E-state index in [1.54, 1.807) is 11.7 Å². The number of halogens is 1. The van der Waals surface area contributed by atoms with Crippen molar-refractivity contribution in [1.29, 1.82) is 0 Å². The Morgan fingerprint density at radius 1 is 1.33 bits per heavy atom. The third-order valence-corrected chi connectivity index (χ3v) is 4.33. The maximum atomic E-state index is 12.3. The van der Waals surface area contributed by atoms with Crippen molar-refractivity contribution in [2.45, 2.75) is 33.4 Å². The van der Waals surface area contributed by atoms with Gasteiger partial charge in [-0.1, -0.05) is 6.92 Å². The van der Waals surface area contributed by atoms with E-state index < -0.39 is 5.56 Å². The van der Waals surface area contributed by atoms with Crippen molar-refractivity contribution in [1.82, 2.24) is 18.9 Å². The van der Waals surface area contributed by atoms with Crippen LogP contribution in [-0.2, 0) is 26.6 Å². The second kappa shape index (κ2) is 5.88. The first-order chi connectivity index (χ1) is 9.90. The van der Waals surface area contributed by atoms with Gasteiger partial charge in [0.2, 0.25) is 0 Å². The number of nitrogen functional groups attached to an aromatic ring is 1. The molecule has 2 aromatic rings. The first kappa shape index (κ1) is 15.6. The largest absolute Gasteiger partial charge is 0.393 e. The Hall–Kier alpha value is -1.83. The molecular weight excluding hydrogens is 338 g/mol. The molecule has 0 aliphatic heterocycles. The van der Waals surface area contributed by atoms with Crippen LogP contribution in [0.5, 0.6) is 0 Å². The lowest BCUT2D eigenvalue weighted by atomic mass is 10.3. The number of nitrogens with two attached hydrogens (primary N) is 1. The molecule has 2 aromatic heterocycles. The van der Waals surface area contributed by atoms with Crippen LogP contribution in [0.25, 0.3) is 0 Å². The summed E-state index contributed by atoms with van der Waals surface area (Å²) in [5, 5.41) is 4.36. The van der Waals surface area contributed by atoms with Gasteiger partial charge in [0.1, 0.15) is 5.69 Å². The Bertz CT molecular complexity index is 787. The van der Waals surface area contributed by atoms with Crippen molar-refractivity contribution >= 4 is 21.6 Å². The van der Waals surface area contributed by atoms with Crippen molar-refractivity contribution in [2.75, 3.05) is 5.73 Å². The van der Waals surface area contributed by atoms with E-state index in [1.807, 2.05) is 13.8 Å². The highest BCUT2D eigenvalue weighted by atomic mass is 79.9. The monoisotopic (exact) mass is 355 g/mol. The van der Waals surface area contributed by atoms with Crippen LogP contribution in [0.2, 0.25) is 0 Å². The van der Waals surface area contributed by atoms with E-state index in [0.29, 0.717) is 6.54 Å². The summed E-state index contributed by atoms with van der Waals surface area (Å²) >= 11 is 3.48. The van der Waals surface area contributed by atoms with Gasteiger partial charge >= 0.3 is 5.69 Å². The van der Waals surface area contributed by atoms with Gasteiger partial charge in [-0.3, -0.25) is 18.6 Å². The summed E-state index contributed by atoms with van der Waals surface area (Å²) < 4.78 is 5.06. The second-order valence-electron chi connectivity index (χ2n) is 4.73. The zero-order valence-electron chi connectivity index (χ0n) is 12.3. The number of aromatic nitrogens is 4. The van der Waals surface area contributed by atoms with Crippen LogP contribution in [0.1, 0.15) is 25.2 Å². The van der Waals surface area contributed by atoms with Crippen LogP contribution in [0.4, 0.5) is 5.69 Å². The quantitative estimate of drug-likeness (QED) is 0.874. The highest BCUT2D eigenvalue weighted by Gasteiger charge is 2.16. The van der Waals surface area contributed by atoms with E-state index in [4.69, 9.17) is 5.73 Å². The molecule has 0 saturated carbocycles. The fraction of sp³-hybridized carbons (Fsp3) is 0.462. The molecule has 0 fully saturated rings. The highest BCUT2D eigenvalue weighted by molar-refractivity contribution is 9.10. The number of hydrogen-bond donors (Lipinski definition) is 1. The zero-order chi connectivity index (χ0) is 15.7. The third-order valence-electron chi connectivity index (χ3n) is 3.42. The number of nitrogens with zero attached hydrogens (tertiary/aromatic N) is 4. The fourth-order valence-electron chi connectivity index (χ4n) is 2.18. The van der Waals surface area contributed by atoms with Gasteiger partial charge in [-0.05, 0) is 29.3 Å². The van der Waals surface area contributed by atoms with Crippen LogP contribution >= 0.6 is 15.9 Å². The molecule has 0 radical (unpaired) electrons. The van der Waals surface area contributed by atoms with Gasteiger partial charge < -0.3 is 5.73 Å². The summed E-state index contributed by atoms with van der Waals surface area (Å²) in [6, 6.07) is 0. The molecule has 0 amide bonds. The minimum atomic E-state index is -0.476.